The Morgan fingerprint density at radius 3 is 2.57 bits per heavy atom. The van der Waals surface area contributed by atoms with E-state index in [9.17, 15) is 4.79 Å². The minimum Gasteiger partial charge on any atom is -0.481 e. The molecule has 0 heterocycles. The quantitative estimate of drug-likeness (QED) is 0.778. The van der Waals surface area contributed by atoms with Gasteiger partial charge in [-0.3, -0.25) is 0 Å². The Kier molecular flexibility index (Phi) is 5.35. The van der Waals surface area contributed by atoms with Gasteiger partial charge >= 0.3 is 5.97 Å². The maximum absolute atomic E-state index is 11.6. The molecule has 0 fully saturated rings. The molecule has 0 atom stereocenters. The van der Waals surface area contributed by atoms with Crippen molar-refractivity contribution >= 4 is 21.9 Å². The lowest BCUT2D eigenvalue weighted by Crippen LogP contribution is -2.15. The van der Waals surface area contributed by atoms with E-state index in [1.54, 1.807) is 24.3 Å². The standard InChI is InChI=1S/C16H12BrNO3/c17-14-7-5-12(6-8-14)10-21-16(19)11-20-15-4-2-1-3-13(15)9-18/h1-8H,10-11H2. The van der Waals surface area contributed by atoms with Crippen LogP contribution in [0.5, 0.6) is 5.75 Å². The van der Waals surface area contributed by atoms with E-state index >= 15 is 0 Å². The van der Waals surface area contributed by atoms with E-state index < -0.39 is 5.97 Å². The fourth-order valence-electron chi connectivity index (χ4n) is 1.61. The molecule has 0 saturated heterocycles. The van der Waals surface area contributed by atoms with E-state index in [1.807, 2.05) is 30.3 Å². The van der Waals surface area contributed by atoms with Crippen LogP contribution >= 0.6 is 15.9 Å². The lowest BCUT2D eigenvalue weighted by atomic mass is 10.2. The van der Waals surface area contributed by atoms with E-state index in [4.69, 9.17) is 14.7 Å². The molecule has 0 aliphatic carbocycles. The third-order valence-corrected chi connectivity index (χ3v) is 3.19. The van der Waals surface area contributed by atoms with Gasteiger partial charge in [-0.2, -0.15) is 5.26 Å². The van der Waals surface area contributed by atoms with Crippen molar-refractivity contribution in [3.63, 3.8) is 0 Å². The summed E-state index contributed by atoms with van der Waals surface area (Å²) >= 11 is 3.34. The van der Waals surface area contributed by atoms with Gasteiger partial charge in [-0.15, -0.1) is 0 Å². The molecular formula is C16H12BrNO3. The van der Waals surface area contributed by atoms with Crippen molar-refractivity contribution in [3.05, 3.63) is 64.1 Å². The van der Waals surface area contributed by atoms with E-state index in [0.29, 0.717) is 11.3 Å². The van der Waals surface area contributed by atoms with Crippen molar-refractivity contribution in [2.24, 2.45) is 0 Å². The number of benzene rings is 2. The zero-order valence-corrected chi connectivity index (χ0v) is 12.7. The first-order chi connectivity index (χ1) is 10.2. The van der Waals surface area contributed by atoms with Crippen LogP contribution in [-0.2, 0) is 16.1 Å². The molecule has 4 nitrogen and oxygen atoms in total. The maximum atomic E-state index is 11.6. The van der Waals surface area contributed by atoms with Crippen molar-refractivity contribution < 1.29 is 14.3 Å². The van der Waals surface area contributed by atoms with Gasteiger partial charge in [-0.05, 0) is 29.8 Å². The van der Waals surface area contributed by atoms with Crippen molar-refractivity contribution in [2.45, 2.75) is 6.61 Å². The normalized spacial score (nSPS) is 9.71. The predicted molar refractivity (Wildman–Crippen MR) is 80.6 cm³/mol. The van der Waals surface area contributed by atoms with Crippen LogP contribution in [0.2, 0.25) is 0 Å². The molecule has 0 radical (unpaired) electrons. The topological polar surface area (TPSA) is 59.3 Å². The van der Waals surface area contributed by atoms with E-state index in [-0.39, 0.29) is 13.2 Å². The molecule has 5 heteroatoms. The Bertz CT molecular complexity index is 662. The number of nitriles is 1. The zero-order chi connectivity index (χ0) is 15.1. The first-order valence-corrected chi connectivity index (χ1v) is 7.00. The summed E-state index contributed by atoms with van der Waals surface area (Å²) in [6.45, 7) is -0.0371. The van der Waals surface area contributed by atoms with Crippen molar-refractivity contribution in [1.82, 2.24) is 0 Å². The number of halogens is 1. The van der Waals surface area contributed by atoms with Gasteiger partial charge in [0.2, 0.25) is 0 Å². The summed E-state index contributed by atoms with van der Waals surface area (Å²) in [6.07, 6.45) is 0. The predicted octanol–water partition coefficient (Wildman–Crippen LogP) is 3.44. The molecule has 0 bridgehead atoms. The Morgan fingerprint density at radius 2 is 1.86 bits per heavy atom. The maximum Gasteiger partial charge on any atom is 0.344 e. The molecule has 0 unspecified atom stereocenters. The monoisotopic (exact) mass is 345 g/mol. The van der Waals surface area contributed by atoms with Crippen LogP contribution < -0.4 is 4.74 Å². The summed E-state index contributed by atoms with van der Waals surface area (Å²) in [6, 6.07) is 16.2. The third-order valence-electron chi connectivity index (χ3n) is 2.67. The summed E-state index contributed by atoms with van der Waals surface area (Å²) in [5, 5.41) is 8.91. The number of esters is 1. The highest BCUT2D eigenvalue weighted by Gasteiger charge is 2.07. The molecule has 0 N–H and O–H groups in total. The average Bonchev–Trinajstić information content (AvgIpc) is 2.52. The van der Waals surface area contributed by atoms with Gasteiger partial charge in [0.25, 0.3) is 0 Å². The number of ether oxygens (including phenoxy) is 2. The fraction of sp³-hybridized carbons (Fsp3) is 0.125. The first kappa shape index (κ1) is 15.1. The molecule has 0 aliphatic rings. The van der Waals surface area contributed by atoms with E-state index in [2.05, 4.69) is 15.9 Å². The third kappa shape index (κ3) is 4.62. The molecule has 2 aromatic carbocycles. The molecule has 0 spiro atoms. The minimum atomic E-state index is -0.481. The number of hydrogen-bond donors (Lipinski definition) is 0. The molecule has 0 saturated carbocycles. The highest BCUT2D eigenvalue weighted by atomic mass is 79.9. The largest absolute Gasteiger partial charge is 0.481 e. The first-order valence-electron chi connectivity index (χ1n) is 6.21. The SMILES string of the molecule is N#Cc1ccccc1OCC(=O)OCc1ccc(Br)cc1. The second kappa shape index (κ2) is 7.46. The lowest BCUT2D eigenvalue weighted by Gasteiger charge is -2.08. The Morgan fingerprint density at radius 1 is 1.14 bits per heavy atom. The Labute approximate surface area is 131 Å². The molecule has 2 rings (SSSR count). The molecule has 0 amide bonds. The minimum absolute atomic E-state index is 0.190. The Balaban J connectivity index is 1.82. The smallest absolute Gasteiger partial charge is 0.344 e. The van der Waals surface area contributed by atoms with E-state index in [1.165, 1.54) is 0 Å². The van der Waals surface area contributed by atoms with Crippen LogP contribution in [0.25, 0.3) is 0 Å². The number of para-hydroxylation sites is 1. The molecule has 0 aromatic heterocycles. The summed E-state index contributed by atoms with van der Waals surface area (Å²) in [5.41, 5.74) is 1.28. The summed E-state index contributed by atoms with van der Waals surface area (Å²) < 4.78 is 11.4. The van der Waals surface area contributed by atoms with Gasteiger partial charge in [0.15, 0.2) is 6.61 Å². The van der Waals surface area contributed by atoms with Gasteiger partial charge in [0.1, 0.15) is 18.4 Å². The second-order valence-electron chi connectivity index (χ2n) is 4.18. The lowest BCUT2D eigenvalue weighted by molar-refractivity contribution is -0.147. The van der Waals surface area contributed by atoms with Gasteiger partial charge in [-0.1, -0.05) is 40.2 Å². The molecule has 106 valence electrons. The van der Waals surface area contributed by atoms with Gasteiger partial charge < -0.3 is 9.47 Å². The van der Waals surface area contributed by atoms with Crippen molar-refractivity contribution in [3.8, 4) is 11.8 Å². The van der Waals surface area contributed by atoms with Crippen LogP contribution in [-0.4, -0.2) is 12.6 Å². The number of nitrogens with zero attached hydrogens (tertiary/aromatic N) is 1. The highest BCUT2D eigenvalue weighted by Crippen LogP contribution is 2.16. The van der Waals surface area contributed by atoms with Crippen molar-refractivity contribution in [1.29, 1.82) is 5.26 Å². The number of rotatable bonds is 5. The zero-order valence-electron chi connectivity index (χ0n) is 11.1. The number of carbonyl (C=O) groups excluding carboxylic acids is 1. The number of carbonyl (C=O) groups is 1. The van der Waals surface area contributed by atoms with Crippen LogP contribution in [0, 0.1) is 11.3 Å². The molecule has 0 aliphatic heterocycles. The van der Waals surface area contributed by atoms with Gasteiger partial charge in [0.05, 0.1) is 5.56 Å². The Hall–Kier alpha value is -2.32. The van der Waals surface area contributed by atoms with Gasteiger partial charge in [0, 0.05) is 4.47 Å². The van der Waals surface area contributed by atoms with Crippen LogP contribution in [0.1, 0.15) is 11.1 Å². The highest BCUT2D eigenvalue weighted by molar-refractivity contribution is 9.10. The summed E-state index contributed by atoms with van der Waals surface area (Å²) in [5.74, 6) is -0.105. The number of hydrogen-bond acceptors (Lipinski definition) is 4. The van der Waals surface area contributed by atoms with E-state index in [0.717, 1.165) is 10.0 Å². The molecule has 2 aromatic rings. The van der Waals surface area contributed by atoms with Crippen molar-refractivity contribution in [2.75, 3.05) is 6.61 Å². The molecule has 21 heavy (non-hydrogen) atoms. The van der Waals surface area contributed by atoms with Crippen LogP contribution in [0.15, 0.2) is 53.0 Å². The average molecular weight is 346 g/mol. The summed E-state index contributed by atoms with van der Waals surface area (Å²) in [4.78, 5) is 11.6. The second-order valence-corrected chi connectivity index (χ2v) is 5.10. The molecular weight excluding hydrogens is 334 g/mol. The van der Waals surface area contributed by atoms with Crippen LogP contribution in [0.3, 0.4) is 0 Å². The van der Waals surface area contributed by atoms with Gasteiger partial charge in [-0.25, -0.2) is 4.79 Å². The summed E-state index contributed by atoms with van der Waals surface area (Å²) in [7, 11) is 0. The fourth-order valence-corrected chi connectivity index (χ4v) is 1.87. The van der Waals surface area contributed by atoms with Crippen LogP contribution in [0.4, 0.5) is 0 Å².